The lowest BCUT2D eigenvalue weighted by Gasteiger charge is -2.12. The molecular weight excluding hydrogens is 464 g/mol. The van der Waals surface area contributed by atoms with E-state index in [9.17, 15) is 14.4 Å². The third-order valence-corrected chi connectivity index (χ3v) is 6.64. The second kappa shape index (κ2) is 10.5. The van der Waals surface area contributed by atoms with Gasteiger partial charge in [-0.25, -0.2) is 4.79 Å². The Morgan fingerprint density at radius 1 is 0.971 bits per heavy atom. The van der Waals surface area contributed by atoms with Crippen LogP contribution in [0.15, 0.2) is 54.6 Å². The second-order valence-corrected chi connectivity index (χ2v) is 9.26. The molecule has 0 aliphatic carbocycles. The summed E-state index contributed by atoms with van der Waals surface area (Å²) in [5.74, 6) is -1.50. The molecule has 2 aromatic heterocycles. The second-order valence-electron chi connectivity index (χ2n) is 8.23. The monoisotopic (exact) mass is 490 g/mol. The van der Waals surface area contributed by atoms with Crippen LogP contribution in [0.3, 0.4) is 0 Å². The van der Waals surface area contributed by atoms with Crippen molar-refractivity contribution in [2.75, 3.05) is 18.5 Å². The van der Waals surface area contributed by atoms with Crippen LogP contribution in [0, 0.1) is 20.8 Å². The number of fused-ring (bicyclic) bond motifs is 1. The standard InChI is InChI=1S/C26H26N4O4S/c1-16-8-7-9-17(2)24(16)28-22(31)13-27-23(32)15-34-26(33)21-12-20-18(3)29-30(25(20)35-21)14-19-10-5-4-6-11-19/h4-12H,13-15H2,1-3H3,(H,27,32)(H,28,31). The van der Waals surface area contributed by atoms with Gasteiger partial charge in [0.25, 0.3) is 5.91 Å². The molecule has 0 saturated heterocycles. The Bertz CT molecular complexity index is 1370. The number of rotatable bonds is 8. The van der Waals surface area contributed by atoms with E-state index in [0.29, 0.717) is 11.4 Å². The topological polar surface area (TPSA) is 102 Å². The molecule has 4 aromatic rings. The summed E-state index contributed by atoms with van der Waals surface area (Å²) >= 11 is 1.28. The molecule has 0 aliphatic rings. The molecular formula is C26H26N4O4S. The zero-order chi connectivity index (χ0) is 24.9. The Morgan fingerprint density at radius 3 is 2.40 bits per heavy atom. The Balaban J connectivity index is 1.31. The number of hydrogen-bond acceptors (Lipinski definition) is 6. The minimum atomic E-state index is -0.591. The molecule has 0 bridgehead atoms. The molecule has 4 rings (SSSR count). The van der Waals surface area contributed by atoms with Gasteiger partial charge in [0, 0.05) is 11.1 Å². The lowest BCUT2D eigenvalue weighted by molar-refractivity contribution is -0.126. The third kappa shape index (κ3) is 5.75. The number of anilines is 1. The molecule has 0 spiro atoms. The smallest absolute Gasteiger partial charge is 0.348 e. The van der Waals surface area contributed by atoms with Crippen LogP contribution >= 0.6 is 11.3 Å². The summed E-state index contributed by atoms with van der Waals surface area (Å²) in [6.07, 6.45) is 0. The number of hydrogen-bond donors (Lipinski definition) is 2. The van der Waals surface area contributed by atoms with Crippen LogP contribution in [0.5, 0.6) is 0 Å². The molecule has 0 atom stereocenters. The van der Waals surface area contributed by atoms with Gasteiger partial charge in [-0.1, -0.05) is 48.5 Å². The first-order valence-electron chi connectivity index (χ1n) is 11.1. The van der Waals surface area contributed by atoms with Crippen molar-refractivity contribution in [3.05, 3.63) is 81.9 Å². The Morgan fingerprint density at radius 2 is 1.69 bits per heavy atom. The predicted molar refractivity (Wildman–Crippen MR) is 136 cm³/mol. The summed E-state index contributed by atoms with van der Waals surface area (Å²) in [7, 11) is 0. The number of amides is 2. The maximum absolute atomic E-state index is 12.6. The number of esters is 1. The molecule has 2 N–H and O–H groups in total. The van der Waals surface area contributed by atoms with Crippen molar-refractivity contribution in [2.45, 2.75) is 27.3 Å². The molecule has 8 nitrogen and oxygen atoms in total. The van der Waals surface area contributed by atoms with Crippen LogP contribution in [0.4, 0.5) is 5.69 Å². The number of nitrogens with one attached hydrogen (secondary N) is 2. The molecule has 35 heavy (non-hydrogen) atoms. The van der Waals surface area contributed by atoms with E-state index in [0.717, 1.165) is 38.3 Å². The SMILES string of the molecule is Cc1cccc(C)c1NC(=O)CNC(=O)COC(=O)c1cc2c(C)nn(Cc3ccccc3)c2s1. The van der Waals surface area contributed by atoms with Gasteiger partial charge in [0.05, 0.1) is 18.8 Å². The number of aromatic nitrogens is 2. The van der Waals surface area contributed by atoms with Crippen molar-refractivity contribution in [1.82, 2.24) is 15.1 Å². The third-order valence-electron chi connectivity index (χ3n) is 5.51. The van der Waals surface area contributed by atoms with Gasteiger partial charge in [-0.05, 0) is 43.5 Å². The first-order valence-corrected chi connectivity index (χ1v) is 11.9. The minimum absolute atomic E-state index is 0.221. The molecule has 2 amide bonds. The van der Waals surface area contributed by atoms with E-state index in [4.69, 9.17) is 4.74 Å². The van der Waals surface area contributed by atoms with Gasteiger partial charge >= 0.3 is 5.97 Å². The van der Waals surface area contributed by atoms with Gasteiger partial charge in [0.15, 0.2) is 6.61 Å². The van der Waals surface area contributed by atoms with Crippen molar-refractivity contribution >= 4 is 45.0 Å². The van der Waals surface area contributed by atoms with Crippen LogP contribution in [0.1, 0.15) is 32.1 Å². The van der Waals surface area contributed by atoms with Gasteiger partial charge < -0.3 is 15.4 Å². The Labute approximate surface area is 206 Å². The molecule has 0 fully saturated rings. The molecule has 0 saturated carbocycles. The normalized spacial score (nSPS) is 10.8. The van der Waals surface area contributed by atoms with E-state index in [1.807, 2.05) is 74.0 Å². The predicted octanol–water partition coefficient (Wildman–Crippen LogP) is 3.98. The van der Waals surface area contributed by atoms with Crippen molar-refractivity contribution in [3.63, 3.8) is 0 Å². The van der Waals surface area contributed by atoms with E-state index in [1.54, 1.807) is 6.07 Å². The Hall–Kier alpha value is -3.98. The van der Waals surface area contributed by atoms with Gasteiger partial charge in [0.1, 0.15) is 9.71 Å². The van der Waals surface area contributed by atoms with Crippen LogP contribution < -0.4 is 10.6 Å². The fraction of sp³-hybridized carbons (Fsp3) is 0.231. The van der Waals surface area contributed by atoms with E-state index < -0.39 is 18.5 Å². The number of ether oxygens (including phenoxy) is 1. The maximum atomic E-state index is 12.6. The Kier molecular flexibility index (Phi) is 7.26. The van der Waals surface area contributed by atoms with Crippen molar-refractivity contribution < 1.29 is 19.1 Å². The molecule has 180 valence electrons. The molecule has 9 heteroatoms. The van der Waals surface area contributed by atoms with Gasteiger partial charge in [0.2, 0.25) is 5.91 Å². The number of aryl methyl sites for hydroxylation is 3. The van der Waals surface area contributed by atoms with Crippen LogP contribution in [0.25, 0.3) is 10.2 Å². The number of benzene rings is 2. The molecule has 0 unspecified atom stereocenters. The summed E-state index contributed by atoms with van der Waals surface area (Å²) in [6.45, 7) is 5.58. The highest BCUT2D eigenvalue weighted by molar-refractivity contribution is 7.20. The summed E-state index contributed by atoms with van der Waals surface area (Å²) in [5, 5.41) is 10.7. The summed E-state index contributed by atoms with van der Waals surface area (Å²) in [4.78, 5) is 38.1. The minimum Gasteiger partial charge on any atom is -0.451 e. The van der Waals surface area contributed by atoms with Gasteiger partial charge in [-0.2, -0.15) is 5.10 Å². The number of para-hydroxylation sites is 1. The zero-order valence-electron chi connectivity index (χ0n) is 19.8. The fourth-order valence-electron chi connectivity index (χ4n) is 3.70. The highest BCUT2D eigenvalue weighted by Crippen LogP contribution is 2.29. The highest BCUT2D eigenvalue weighted by Gasteiger charge is 2.19. The molecule has 2 aromatic carbocycles. The van der Waals surface area contributed by atoms with E-state index in [1.165, 1.54) is 11.3 Å². The summed E-state index contributed by atoms with van der Waals surface area (Å²) in [6, 6.07) is 17.4. The zero-order valence-corrected chi connectivity index (χ0v) is 20.6. The van der Waals surface area contributed by atoms with Crippen molar-refractivity contribution in [2.24, 2.45) is 0 Å². The van der Waals surface area contributed by atoms with Crippen molar-refractivity contribution in [3.8, 4) is 0 Å². The van der Waals surface area contributed by atoms with Gasteiger partial charge in [-0.3, -0.25) is 14.3 Å². The van der Waals surface area contributed by atoms with E-state index in [2.05, 4.69) is 15.7 Å². The molecule has 0 radical (unpaired) electrons. The molecule has 2 heterocycles. The molecule has 0 aliphatic heterocycles. The quantitative estimate of drug-likeness (QED) is 0.364. The first-order chi connectivity index (χ1) is 16.8. The highest BCUT2D eigenvalue weighted by atomic mass is 32.1. The van der Waals surface area contributed by atoms with Crippen LogP contribution in [-0.2, 0) is 20.9 Å². The lowest BCUT2D eigenvalue weighted by Crippen LogP contribution is -2.35. The fourth-order valence-corrected chi connectivity index (χ4v) is 4.76. The lowest BCUT2D eigenvalue weighted by atomic mass is 10.1. The van der Waals surface area contributed by atoms with Crippen LogP contribution in [-0.4, -0.2) is 40.7 Å². The van der Waals surface area contributed by atoms with Crippen LogP contribution in [0.2, 0.25) is 0 Å². The maximum Gasteiger partial charge on any atom is 0.348 e. The first kappa shape index (κ1) is 24.2. The number of carbonyl (C=O) groups is 3. The number of carbonyl (C=O) groups excluding carboxylic acids is 3. The van der Waals surface area contributed by atoms with Crippen molar-refractivity contribution in [1.29, 1.82) is 0 Å². The summed E-state index contributed by atoms with van der Waals surface area (Å²) in [5.41, 5.74) is 4.52. The number of thiophene rings is 1. The average molecular weight is 491 g/mol. The van der Waals surface area contributed by atoms with Gasteiger partial charge in [-0.15, -0.1) is 11.3 Å². The average Bonchev–Trinajstić information content (AvgIpc) is 3.40. The largest absolute Gasteiger partial charge is 0.451 e. The summed E-state index contributed by atoms with van der Waals surface area (Å²) < 4.78 is 7.04. The number of nitrogens with zero attached hydrogens (tertiary/aromatic N) is 2. The van der Waals surface area contributed by atoms with E-state index >= 15 is 0 Å². The van der Waals surface area contributed by atoms with E-state index in [-0.39, 0.29) is 12.5 Å².